The number of non-ortho nitro benzene ring substituents is 1. The maximum absolute atomic E-state index is 11.1. The van der Waals surface area contributed by atoms with Gasteiger partial charge in [-0.15, -0.1) is 0 Å². The van der Waals surface area contributed by atoms with Crippen molar-refractivity contribution in [1.82, 2.24) is 0 Å². The van der Waals surface area contributed by atoms with Gasteiger partial charge in [-0.05, 0) is 25.7 Å². The Labute approximate surface area is 122 Å². The standard InChI is InChI=1S/C14H19N3O4/c1-21-13-7-11(6-12(8-13)17(19)20)16-10-4-2-9(3-5-10)14(15)18/h6-10,16H,2-5H2,1H3,(H2,15,18). The van der Waals surface area contributed by atoms with Gasteiger partial charge in [0.2, 0.25) is 5.91 Å². The monoisotopic (exact) mass is 293 g/mol. The van der Waals surface area contributed by atoms with Crippen molar-refractivity contribution in [3.8, 4) is 5.75 Å². The van der Waals surface area contributed by atoms with Gasteiger partial charge in [0.25, 0.3) is 5.69 Å². The number of methoxy groups -OCH3 is 1. The number of carbonyl (C=O) groups excluding carboxylic acids is 1. The summed E-state index contributed by atoms with van der Waals surface area (Å²) in [5, 5.41) is 14.2. The van der Waals surface area contributed by atoms with E-state index in [-0.39, 0.29) is 23.6 Å². The van der Waals surface area contributed by atoms with Crippen LogP contribution in [0.2, 0.25) is 0 Å². The van der Waals surface area contributed by atoms with E-state index in [1.165, 1.54) is 19.2 Å². The van der Waals surface area contributed by atoms with Gasteiger partial charge in [0.05, 0.1) is 18.1 Å². The third-order valence-corrected chi connectivity index (χ3v) is 3.84. The second-order valence-electron chi connectivity index (χ2n) is 5.27. The van der Waals surface area contributed by atoms with E-state index < -0.39 is 4.92 Å². The van der Waals surface area contributed by atoms with Crippen LogP contribution in [0.25, 0.3) is 0 Å². The predicted molar refractivity (Wildman–Crippen MR) is 78.2 cm³/mol. The molecular weight excluding hydrogens is 274 g/mol. The SMILES string of the molecule is COc1cc(NC2CCC(C(N)=O)CC2)cc([N+](=O)[O-])c1. The zero-order valence-electron chi connectivity index (χ0n) is 11.9. The van der Waals surface area contributed by atoms with Gasteiger partial charge < -0.3 is 15.8 Å². The lowest BCUT2D eigenvalue weighted by Crippen LogP contribution is -2.32. The first-order valence-electron chi connectivity index (χ1n) is 6.89. The molecule has 0 saturated heterocycles. The van der Waals surface area contributed by atoms with Crippen LogP contribution in [0.4, 0.5) is 11.4 Å². The molecule has 0 aliphatic heterocycles. The lowest BCUT2D eigenvalue weighted by atomic mass is 9.85. The highest BCUT2D eigenvalue weighted by Crippen LogP contribution is 2.30. The van der Waals surface area contributed by atoms with Gasteiger partial charge in [0.15, 0.2) is 0 Å². The van der Waals surface area contributed by atoms with Crippen LogP contribution in [0.15, 0.2) is 18.2 Å². The molecule has 1 aliphatic rings. The number of carbonyl (C=O) groups is 1. The molecule has 21 heavy (non-hydrogen) atoms. The molecule has 0 heterocycles. The topological polar surface area (TPSA) is 107 Å². The summed E-state index contributed by atoms with van der Waals surface area (Å²) in [6.45, 7) is 0. The minimum absolute atomic E-state index is 0.0114. The minimum atomic E-state index is -0.447. The average molecular weight is 293 g/mol. The number of anilines is 1. The van der Waals surface area contributed by atoms with Crippen LogP contribution in [-0.2, 0) is 4.79 Å². The van der Waals surface area contributed by atoms with Crippen molar-refractivity contribution in [2.45, 2.75) is 31.7 Å². The van der Waals surface area contributed by atoms with Crippen LogP contribution >= 0.6 is 0 Å². The Kier molecular flexibility index (Phi) is 4.62. The van der Waals surface area contributed by atoms with Gasteiger partial charge in [-0.25, -0.2) is 0 Å². The van der Waals surface area contributed by atoms with Crippen molar-refractivity contribution in [3.05, 3.63) is 28.3 Å². The molecule has 0 atom stereocenters. The second kappa shape index (κ2) is 6.43. The van der Waals surface area contributed by atoms with E-state index >= 15 is 0 Å². The number of nitrogens with one attached hydrogen (secondary N) is 1. The van der Waals surface area contributed by atoms with Crippen LogP contribution in [0.5, 0.6) is 5.75 Å². The summed E-state index contributed by atoms with van der Waals surface area (Å²) in [4.78, 5) is 21.6. The molecule has 1 saturated carbocycles. The summed E-state index contributed by atoms with van der Waals surface area (Å²) in [7, 11) is 1.47. The lowest BCUT2D eigenvalue weighted by Gasteiger charge is -2.28. The fourth-order valence-electron chi connectivity index (χ4n) is 2.65. The van der Waals surface area contributed by atoms with E-state index in [1.807, 2.05) is 0 Å². The smallest absolute Gasteiger partial charge is 0.275 e. The highest BCUT2D eigenvalue weighted by Gasteiger charge is 2.25. The Hall–Kier alpha value is -2.31. The summed E-state index contributed by atoms with van der Waals surface area (Å²) in [5.41, 5.74) is 5.95. The van der Waals surface area contributed by atoms with E-state index in [0.717, 1.165) is 25.7 Å². The molecule has 3 N–H and O–H groups in total. The third-order valence-electron chi connectivity index (χ3n) is 3.84. The molecule has 1 fully saturated rings. The number of nitrogens with two attached hydrogens (primary N) is 1. The fraction of sp³-hybridized carbons (Fsp3) is 0.500. The molecule has 0 bridgehead atoms. The number of nitrogens with zero attached hydrogens (tertiary/aromatic N) is 1. The van der Waals surface area contributed by atoms with Crippen LogP contribution in [0.1, 0.15) is 25.7 Å². The summed E-state index contributed by atoms with van der Waals surface area (Å²) >= 11 is 0. The van der Waals surface area contributed by atoms with Crippen LogP contribution in [0, 0.1) is 16.0 Å². The number of hydrogen-bond acceptors (Lipinski definition) is 5. The van der Waals surface area contributed by atoms with Crippen LogP contribution in [0.3, 0.4) is 0 Å². The number of amides is 1. The van der Waals surface area contributed by atoms with Gasteiger partial charge in [-0.2, -0.15) is 0 Å². The Bertz CT molecular complexity index is 539. The number of hydrogen-bond donors (Lipinski definition) is 2. The zero-order valence-corrected chi connectivity index (χ0v) is 11.9. The quantitative estimate of drug-likeness (QED) is 0.638. The van der Waals surface area contributed by atoms with Gasteiger partial charge in [0.1, 0.15) is 5.75 Å². The number of ether oxygens (including phenoxy) is 1. The summed E-state index contributed by atoms with van der Waals surface area (Å²) < 4.78 is 5.08. The fourth-order valence-corrected chi connectivity index (χ4v) is 2.65. The molecule has 1 aliphatic carbocycles. The van der Waals surface area contributed by atoms with Gasteiger partial charge in [-0.3, -0.25) is 14.9 Å². The first-order valence-corrected chi connectivity index (χ1v) is 6.89. The zero-order chi connectivity index (χ0) is 15.4. The summed E-state index contributed by atoms with van der Waals surface area (Å²) in [6.07, 6.45) is 3.13. The highest BCUT2D eigenvalue weighted by atomic mass is 16.6. The molecule has 1 aromatic carbocycles. The number of rotatable bonds is 5. The van der Waals surface area contributed by atoms with E-state index in [4.69, 9.17) is 10.5 Å². The van der Waals surface area contributed by atoms with E-state index in [2.05, 4.69) is 5.32 Å². The first kappa shape index (κ1) is 15.1. The second-order valence-corrected chi connectivity index (χ2v) is 5.27. The normalized spacial score (nSPS) is 21.6. The largest absolute Gasteiger partial charge is 0.496 e. The highest BCUT2D eigenvalue weighted by molar-refractivity contribution is 5.76. The molecule has 0 radical (unpaired) electrons. The van der Waals surface area contributed by atoms with E-state index in [1.54, 1.807) is 6.07 Å². The van der Waals surface area contributed by atoms with Crippen molar-refractivity contribution in [2.24, 2.45) is 11.7 Å². The van der Waals surface area contributed by atoms with Crippen molar-refractivity contribution in [2.75, 3.05) is 12.4 Å². The van der Waals surface area contributed by atoms with Gasteiger partial charge in [0, 0.05) is 29.8 Å². The number of nitro groups is 1. The Morgan fingerprint density at radius 2 is 2.00 bits per heavy atom. The lowest BCUT2D eigenvalue weighted by molar-refractivity contribution is -0.384. The summed E-state index contributed by atoms with van der Waals surface area (Å²) in [5.74, 6) is 0.144. The number of benzene rings is 1. The van der Waals surface area contributed by atoms with Crippen molar-refractivity contribution in [1.29, 1.82) is 0 Å². The molecule has 0 aromatic heterocycles. The molecule has 0 unspecified atom stereocenters. The van der Waals surface area contributed by atoms with E-state index in [9.17, 15) is 14.9 Å². The van der Waals surface area contributed by atoms with Crippen LogP contribution < -0.4 is 15.8 Å². The Morgan fingerprint density at radius 3 is 2.52 bits per heavy atom. The predicted octanol–water partition coefficient (Wildman–Crippen LogP) is 2.06. The van der Waals surface area contributed by atoms with Crippen molar-refractivity contribution >= 4 is 17.3 Å². The van der Waals surface area contributed by atoms with E-state index in [0.29, 0.717) is 11.4 Å². The molecule has 2 rings (SSSR count). The third kappa shape index (κ3) is 3.84. The Morgan fingerprint density at radius 1 is 1.33 bits per heavy atom. The molecule has 7 heteroatoms. The Balaban J connectivity index is 2.04. The molecule has 7 nitrogen and oxygen atoms in total. The first-order chi connectivity index (χ1) is 9.99. The molecule has 1 amide bonds. The minimum Gasteiger partial charge on any atom is -0.496 e. The maximum Gasteiger partial charge on any atom is 0.275 e. The van der Waals surface area contributed by atoms with Gasteiger partial charge >= 0.3 is 0 Å². The van der Waals surface area contributed by atoms with Crippen molar-refractivity contribution in [3.63, 3.8) is 0 Å². The molecular formula is C14H19N3O4. The number of primary amides is 1. The molecule has 0 spiro atoms. The van der Waals surface area contributed by atoms with Gasteiger partial charge in [-0.1, -0.05) is 0 Å². The maximum atomic E-state index is 11.1. The van der Waals surface area contributed by atoms with Crippen molar-refractivity contribution < 1.29 is 14.5 Å². The molecule has 114 valence electrons. The molecule has 1 aromatic rings. The number of nitro benzene ring substituents is 1. The average Bonchev–Trinajstić information content (AvgIpc) is 2.47. The van der Waals surface area contributed by atoms with Crippen LogP contribution in [-0.4, -0.2) is 24.0 Å². The summed E-state index contributed by atoms with van der Waals surface area (Å²) in [6, 6.07) is 4.79.